The number of rotatable bonds is 0. The number of phenols is 2. The van der Waals surface area contributed by atoms with Gasteiger partial charge in [0.2, 0.25) is 0 Å². The Kier molecular flexibility index (Phi) is 9.81. The number of hydrogen-bond acceptors (Lipinski definition) is 2. The zero-order valence-electron chi connectivity index (χ0n) is 12.7. The Morgan fingerprint density at radius 2 is 0.550 bits per heavy atom. The van der Waals surface area contributed by atoms with E-state index >= 15 is 0 Å². The maximum absolute atomic E-state index is 8.65. The molecule has 3 rings (SSSR count). The van der Waals surface area contributed by atoms with E-state index in [4.69, 9.17) is 10.2 Å². The van der Waals surface area contributed by atoms with Gasteiger partial charge < -0.3 is 10.2 Å². The molecule has 0 bridgehead atoms. The average molecular weight is 278 g/mol. The van der Waals surface area contributed by atoms with Crippen molar-refractivity contribution in [1.29, 1.82) is 0 Å². The van der Waals surface area contributed by atoms with Crippen LogP contribution in [0.5, 0.6) is 11.5 Å². The first kappa shape index (κ1) is 16.9. The van der Waals surface area contributed by atoms with Gasteiger partial charge in [-0.25, -0.2) is 0 Å². The van der Waals surface area contributed by atoms with Gasteiger partial charge in [0.1, 0.15) is 11.5 Å². The molecule has 20 heavy (non-hydrogen) atoms. The quantitative estimate of drug-likeness (QED) is 0.591. The molecule has 2 saturated carbocycles. The summed E-state index contributed by atoms with van der Waals surface area (Å²) in [6.07, 6.45) is 18.0. The summed E-state index contributed by atoms with van der Waals surface area (Å²) in [5.41, 5.74) is 0. The second-order valence-electron chi connectivity index (χ2n) is 5.76. The third-order valence-corrected chi connectivity index (χ3v) is 3.85. The molecule has 0 spiro atoms. The van der Waals surface area contributed by atoms with E-state index in [2.05, 4.69) is 0 Å². The van der Waals surface area contributed by atoms with Crippen molar-refractivity contribution in [2.45, 2.75) is 77.0 Å². The molecule has 0 aromatic heterocycles. The maximum Gasteiger partial charge on any atom is 0.115 e. The number of benzene rings is 1. The highest BCUT2D eigenvalue weighted by Gasteiger charge is 1.96. The molecule has 2 fully saturated rings. The zero-order chi connectivity index (χ0) is 14.5. The van der Waals surface area contributed by atoms with Crippen molar-refractivity contribution in [1.82, 2.24) is 0 Å². The smallest absolute Gasteiger partial charge is 0.115 e. The lowest BCUT2D eigenvalue weighted by atomic mass is 10.0. The molecule has 1 aromatic rings. The van der Waals surface area contributed by atoms with Crippen molar-refractivity contribution in [3.63, 3.8) is 0 Å². The van der Waals surface area contributed by atoms with Gasteiger partial charge in [0.25, 0.3) is 0 Å². The highest BCUT2D eigenvalue weighted by Crippen LogP contribution is 2.16. The van der Waals surface area contributed by atoms with Crippen molar-refractivity contribution < 1.29 is 10.2 Å². The summed E-state index contributed by atoms with van der Waals surface area (Å²) < 4.78 is 0. The minimum absolute atomic E-state index is 0.169. The van der Waals surface area contributed by atoms with Crippen LogP contribution < -0.4 is 0 Å². The van der Waals surface area contributed by atoms with Crippen LogP contribution in [0.4, 0.5) is 0 Å². The summed E-state index contributed by atoms with van der Waals surface area (Å²) in [5, 5.41) is 17.3. The normalized spacial score (nSPS) is 18.0. The summed E-state index contributed by atoms with van der Waals surface area (Å²) in [4.78, 5) is 0. The lowest BCUT2D eigenvalue weighted by Crippen LogP contribution is -1.85. The Morgan fingerprint density at radius 1 is 0.400 bits per heavy atom. The van der Waals surface area contributed by atoms with Crippen LogP contribution in [0, 0.1) is 0 Å². The standard InChI is InChI=1S/C6H6O2.2C6H12/c7-5-1-2-6(8)4-3-5;2*1-2-4-6-5-3-1/h1-4,7-8H;2*1-6H2. The van der Waals surface area contributed by atoms with Crippen molar-refractivity contribution in [2.75, 3.05) is 0 Å². The monoisotopic (exact) mass is 278 g/mol. The van der Waals surface area contributed by atoms with Crippen molar-refractivity contribution >= 4 is 0 Å². The summed E-state index contributed by atoms with van der Waals surface area (Å²) in [6, 6.07) is 5.70. The Bertz CT molecular complexity index is 255. The van der Waals surface area contributed by atoms with E-state index in [0.29, 0.717) is 0 Å². The van der Waals surface area contributed by atoms with Gasteiger partial charge in [0.15, 0.2) is 0 Å². The van der Waals surface area contributed by atoms with E-state index < -0.39 is 0 Å². The van der Waals surface area contributed by atoms with Gasteiger partial charge in [-0.05, 0) is 24.3 Å². The van der Waals surface area contributed by atoms with Crippen LogP contribution in [-0.4, -0.2) is 10.2 Å². The fourth-order valence-electron chi connectivity index (χ4n) is 2.57. The molecule has 2 N–H and O–H groups in total. The van der Waals surface area contributed by atoms with E-state index in [-0.39, 0.29) is 11.5 Å². The van der Waals surface area contributed by atoms with Gasteiger partial charge in [-0.1, -0.05) is 77.0 Å². The van der Waals surface area contributed by atoms with Crippen LogP contribution in [-0.2, 0) is 0 Å². The van der Waals surface area contributed by atoms with E-state index in [1.807, 2.05) is 0 Å². The third kappa shape index (κ3) is 9.71. The fourth-order valence-corrected chi connectivity index (χ4v) is 2.57. The van der Waals surface area contributed by atoms with Crippen LogP contribution in [0.2, 0.25) is 0 Å². The number of phenolic OH excluding ortho intramolecular Hbond substituents is 2. The predicted molar refractivity (Wildman–Crippen MR) is 85.2 cm³/mol. The average Bonchev–Trinajstić information content (AvgIpc) is 2.55. The lowest BCUT2D eigenvalue weighted by molar-refractivity contribution is 0.460. The first-order valence-corrected chi connectivity index (χ1v) is 8.27. The largest absolute Gasteiger partial charge is 0.508 e. The molecule has 2 nitrogen and oxygen atoms in total. The van der Waals surface area contributed by atoms with E-state index in [1.54, 1.807) is 0 Å². The number of aromatic hydroxyl groups is 2. The van der Waals surface area contributed by atoms with Gasteiger partial charge in [0.05, 0.1) is 0 Å². The van der Waals surface area contributed by atoms with Crippen molar-refractivity contribution in [3.8, 4) is 11.5 Å². The molecule has 2 heteroatoms. The molecule has 0 atom stereocenters. The third-order valence-electron chi connectivity index (χ3n) is 3.85. The summed E-state index contributed by atoms with van der Waals surface area (Å²) in [6.45, 7) is 0. The summed E-state index contributed by atoms with van der Waals surface area (Å²) in [5.74, 6) is 0.339. The van der Waals surface area contributed by atoms with Crippen LogP contribution >= 0.6 is 0 Å². The second kappa shape index (κ2) is 11.6. The van der Waals surface area contributed by atoms with Gasteiger partial charge in [-0.3, -0.25) is 0 Å². The number of hydrogen-bond donors (Lipinski definition) is 2. The second-order valence-corrected chi connectivity index (χ2v) is 5.76. The molecule has 2 aliphatic carbocycles. The molecule has 0 radical (unpaired) electrons. The molecule has 0 heterocycles. The molecule has 0 amide bonds. The van der Waals surface area contributed by atoms with E-state index in [9.17, 15) is 0 Å². The van der Waals surface area contributed by atoms with Crippen LogP contribution in [0.25, 0.3) is 0 Å². The van der Waals surface area contributed by atoms with Crippen molar-refractivity contribution in [2.24, 2.45) is 0 Å². The first-order chi connectivity index (χ1) is 9.79. The van der Waals surface area contributed by atoms with Crippen LogP contribution in [0.15, 0.2) is 24.3 Å². The molecule has 0 saturated heterocycles. The topological polar surface area (TPSA) is 40.5 Å². The van der Waals surface area contributed by atoms with Crippen LogP contribution in [0.3, 0.4) is 0 Å². The predicted octanol–water partition coefficient (Wildman–Crippen LogP) is 5.78. The first-order valence-electron chi connectivity index (χ1n) is 8.27. The van der Waals surface area contributed by atoms with Gasteiger partial charge >= 0.3 is 0 Å². The Balaban J connectivity index is 0.000000152. The van der Waals surface area contributed by atoms with Crippen molar-refractivity contribution in [3.05, 3.63) is 24.3 Å². The SMILES string of the molecule is C1CCCCC1.C1CCCCC1.Oc1ccc(O)cc1. The summed E-state index contributed by atoms with van der Waals surface area (Å²) >= 11 is 0. The zero-order valence-corrected chi connectivity index (χ0v) is 12.7. The van der Waals surface area contributed by atoms with Gasteiger partial charge in [0, 0.05) is 0 Å². The summed E-state index contributed by atoms with van der Waals surface area (Å²) in [7, 11) is 0. The molecule has 1 aromatic carbocycles. The van der Waals surface area contributed by atoms with Gasteiger partial charge in [-0.2, -0.15) is 0 Å². The van der Waals surface area contributed by atoms with E-state index in [1.165, 1.54) is 101 Å². The maximum atomic E-state index is 8.65. The Hall–Kier alpha value is -1.18. The highest BCUT2D eigenvalue weighted by atomic mass is 16.3. The highest BCUT2D eigenvalue weighted by molar-refractivity contribution is 5.28. The molecule has 114 valence electrons. The lowest BCUT2D eigenvalue weighted by Gasteiger charge is -2.05. The molecule has 0 aliphatic heterocycles. The molecular formula is C18H30O2. The fraction of sp³-hybridized carbons (Fsp3) is 0.667. The Labute approximate surface area is 123 Å². The van der Waals surface area contributed by atoms with Crippen LogP contribution in [0.1, 0.15) is 77.0 Å². The Morgan fingerprint density at radius 3 is 0.700 bits per heavy atom. The molecular weight excluding hydrogens is 248 g/mol. The van der Waals surface area contributed by atoms with Gasteiger partial charge in [-0.15, -0.1) is 0 Å². The molecule has 2 aliphatic rings. The molecule has 0 unspecified atom stereocenters. The van der Waals surface area contributed by atoms with E-state index in [0.717, 1.165) is 0 Å². The minimum atomic E-state index is 0.169. The minimum Gasteiger partial charge on any atom is -0.508 e.